The first kappa shape index (κ1) is 20.4. The molecule has 1 N–H and O–H groups in total. The van der Waals surface area contributed by atoms with Crippen LogP contribution in [-0.4, -0.2) is 29.9 Å². The highest BCUT2D eigenvalue weighted by molar-refractivity contribution is 7.13. The summed E-state index contributed by atoms with van der Waals surface area (Å²) < 4.78 is 24.9. The van der Waals surface area contributed by atoms with Crippen LogP contribution in [0.15, 0.2) is 28.7 Å². The molecule has 28 heavy (non-hydrogen) atoms. The van der Waals surface area contributed by atoms with Gasteiger partial charge in [0.2, 0.25) is 5.13 Å². The molecule has 1 aliphatic carbocycles. The van der Waals surface area contributed by atoms with Gasteiger partial charge in [-0.3, -0.25) is 10.2 Å². The fourth-order valence-electron chi connectivity index (χ4n) is 2.99. The SMILES string of the molecule is CCOC(=O)Cc1csc(NN=Cc2ccc(COC3CCCC3)c(F)c2)n1. The summed E-state index contributed by atoms with van der Waals surface area (Å²) in [5, 5.41) is 6.40. The average molecular weight is 405 g/mol. The molecular weight excluding hydrogens is 381 g/mol. The first-order valence-corrected chi connectivity index (χ1v) is 10.3. The Morgan fingerprint density at radius 2 is 2.25 bits per heavy atom. The Labute approximate surface area is 167 Å². The normalized spacial score (nSPS) is 14.6. The van der Waals surface area contributed by atoms with E-state index in [0.29, 0.717) is 35.2 Å². The van der Waals surface area contributed by atoms with Gasteiger partial charge in [-0.1, -0.05) is 25.0 Å². The number of nitrogens with one attached hydrogen (secondary N) is 1. The Hall–Kier alpha value is -2.32. The number of hydrogen-bond donors (Lipinski definition) is 1. The van der Waals surface area contributed by atoms with E-state index in [9.17, 15) is 9.18 Å². The zero-order valence-corrected chi connectivity index (χ0v) is 16.6. The molecule has 150 valence electrons. The van der Waals surface area contributed by atoms with Crippen LogP contribution in [0.1, 0.15) is 49.4 Å². The Balaban J connectivity index is 1.49. The van der Waals surface area contributed by atoms with Crippen molar-refractivity contribution in [3.63, 3.8) is 0 Å². The van der Waals surface area contributed by atoms with Crippen molar-refractivity contribution in [1.29, 1.82) is 0 Å². The van der Waals surface area contributed by atoms with Gasteiger partial charge in [0.15, 0.2) is 0 Å². The molecule has 1 saturated carbocycles. The van der Waals surface area contributed by atoms with Crippen LogP contribution in [0.5, 0.6) is 0 Å². The number of carbonyl (C=O) groups excluding carboxylic acids is 1. The number of hydrazone groups is 1. The van der Waals surface area contributed by atoms with Gasteiger partial charge in [0, 0.05) is 10.9 Å². The number of carbonyl (C=O) groups is 1. The molecule has 1 aliphatic rings. The molecule has 8 heteroatoms. The molecule has 0 saturated heterocycles. The van der Waals surface area contributed by atoms with Crippen LogP contribution in [0.2, 0.25) is 0 Å². The van der Waals surface area contributed by atoms with Crippen LogP contribution >= 0.6 is 11.3 Å². The number of ether oxygens (including phenoxy) is 2. The van der Waals surface area contributed by atoms with Crippen LogP contribution < -0.4 is 5.43 Å². The summed E-state index contributed by atoms with van der Waals surface area (Å²) in [6.07, 6.45) is 6.43. The van der Waals surface area contributed by atoms with Crippen molar-refractivity contribution in [3.8, 4) is 0 Å². The molecular formula is C20H24FN3O3S. The number of anilines is 1. The number of thiazole rings is 1. The van der Waals surface area contributed by atoms with Gasteiger partial charge in [-0.15, -0.1) is 11.3 Å². The Morgan fingerprint density at radius 3 is 3.00 bits per heavy atom. The summed E-state index contributed by atoms with van der Waals surface area (Å²) >= 11 is 1.33. The maximum atomic E-state index is 14.2. The van der Waals surface area contributed by atoms with Crippen LogP contribution in [0, 0.1) is 5.82 Å². The van der Waals surface area contributed by atoms with Crippen molar-refractivity contribution in [1.82, 2.24) is 4.98 Å². The predicted octanol–water partition coefficient (Wildman–Crippen LogP) is 4.29. The van der Waals surface area contributed by atoms with Crippen molar-refractivity contribution in [2.75, 3.05) is 12.0 Å². The first-order valence-electron chi connectivity index (χ1n) is 9.43. The van der Waals surface area contributed by atoms with Crippen LogP contribution in [0.4, 0.5) is 9.52 Å². The van der Waals surface area contributed by atoms with E-state index in [-0.39, 0.29) is 24.3 Å². The fourth-order valence-corrected chi connectivity index (χ4v) is 3.64. The largest absolute Gasteiger partial charge is 0.466 e. The summed E-state index contributed by atoms with van der Waals surface area (Å²) in [6.45, 7) is 2.41. The monoisotopic (exact) mass is 405 g/mol. The lowest BCUT2D eigenvalue weighted by atomic mass is 10.1. The zero-order valence-electron chi connectivity index (χ0n) is 15.8. The number of hydrogen-bond acceptors (Lipinski definition) is 7. The molecule has 0 unspecified atom stereocenters. The Kier molecular flexibility index (Phi) is 7.50. The molecule has 0 bridgehead atoms. The van der Waals surface area contributed by atoms with E-state index >= 15 is 0 Å². The molecule has 0 atom stereocenters. The van der Waals surface area contributed by atoms with E-state index in [1.165, 1.54) is 36.5 Å². The minimum absolute atomic E-state index is 0.130. The highest BCUT2D eigenvalue weighted by Crippen LogP contribution is 2.23. The van der Waals surface area contributed by atoms with Gasteiger partial charge >= 0.3 is 5.97 Å². The van der Waals surface area contributed by atoms with Crippen molar-refractivity contribution < 1.29 is 18.7 Å². The summed E-state index contributed by atoms with van der Waals surface area (Å²) in [5.74, 6) is -0.608. The van der Waals surface area contributed by atoms with Gasteiger partial charge in [0.05, 0.1) is 37.6 Å². The van der Waals surface area contributed by atoms with Crippen molar-refractivity contribution in [2.45, 2.75) is 51.7 Å². The molecule has 0 aliphatic heterocycles. The fraction of sp³-hybridized carbons (Fsp3) is 0.450. The molecule has 3 rings (SSSR count). The third-order valence-electron chi connectivity index (χ3n) is 4.41. The van der Waals surface area contributed by atoms with E-state index in [1.54, 1.807) is 24.4 Å². The maximum absolute atomic E-state index is 14.2. The highest BCUT2D eigenvalue weighted by Gasteiger charge is 2.16. The number of benzene rings is 1. The average Bonchev–Trinajstić information content (AvgIpc) is 3.33. The summed E-state index contributed by atoms with van der Waals surface area (Å²) in [5.41, 5.74) is 4.61. The van der Waals surface area contributed by atoms with E-state index in [4.69, 9.17) is 9.47 Å². The topological polar surface area (TPSA) is 72.8 Å². The molecule has 0 amide bonds. The second-order valence-corrected chi connectivity index (χ2v) is 7.42. The maximum Gasteiger partial charge on any atom is 0.311 e. The number of aromatic nitrogens is 1. The van der Waals surface area contributed by atoms with Crippen molar-refractivity contribution in [2.24, 2.45) is 5.10 Å². The smallest absolute Gasteiger partial charge is 0.311 e. The zero-order chi connectivity index (χ0) is 19.8. The van der Waals surface area contributed by atoms with Crippen LogP contribution in [0.25, 0.3) is 0 Å². The quantitative estimate of drug-likeness (QED) is 0.383. The van der Waals surface area contributed by atoms with Crippen molar-refractivity contribution >= 4 is 28.7 Å². The standard InChI is InChI=1S/C20H24FN3O3S/c1-2-26-19(25)10-16-13-28-20(23-16)24-22-11-14-7-8-15(18(21)9-14)12-27-17-5-3-4-6-17/h7-9,11,13,17H,2-6,10,12H2,1H3,(H,23,24). The molecule has 1 aromatic heterocycles. The molecule has 6 nitrogen and oxygen atoms in total. The minimum Gasteiger partial charge on any atom is -0.466 e. The lowest BCUT2D eigenvalue weighted by molar-refractivity contribution is -0.142. The van der Waals surface area contributed by atoms with Crippen LogP contribution in [-0.2, 0) is 27.3 Å². The molecule has 1 aromatic carbocycles. The molecule has 0 spiro atoms. The molecule has 1 fully saturated rings. The molecule has 0 radical (unpaired) electrons. The van der Waals surface area contributed by atoms with E-state index in [2.05, 4.69) is 15.5 Å². The predicted molar refractivity (Wildman–Crippen MR) is 107 cm³/mol. The lowest BCUT2D eigenvalue weighted by Crippen LogP contribution is -2.08. The number of halogens is 1. The Morgan fingerprint density at radius 1 is 1.43 bits per heavy atom. The van der Waals surface area contributed by atoms with E-state index in [1.807, 2.05) is 0 Å². The minimum atomic E-state index is -0.310. The number of esters is 1. The van der Waals surface area contributed by atoms with Gasteiger partial charge in [0.25, 0.3) is 0 Å². The Bertz CT molecular complexity index is 819. The van der Waals surface area contributed by atoms with Gasteiger partial charge in [-0.05, 0) is 31.4 Å². The van der Waals surface area contributed by atoms with E-state index in [0.717, 1.165) is 12.8 Å². The molecule has 1 heterocycles. The van der Waals surface area contributed by atoms with Gasteiger partial charge in [0.1, 0.15) is 5.82 Å². The third kappa shape index (κ3) is 6.10. The van der Waals surface area contributed by atoms with E-state index < -0.39 is 0 Å². The molecule has 2 aromatic rings. The first-order chi connectivity index (χ1) is 13.6. The lowest BCUT2D eigenvalue weighted by Gasteiger charge is -2.11. The van der Waals surface area contributed by atoms with Gasteiger partial charge < -0.3 is 9.47 Å². The summed E-state index contributed by atoms with van der Waals surface area (Å²) in [6, 6.07) is 4.97. The number of rotatable bonds is 9. The second-order valence-electron chi connectivity index (χ2n) is 6.56. The van der Waals surface area contributed by atoms with Gasteiger partial charge in [-0.2, -0.15) is 5.10 Å². The third-order valence-corrected chi connectivity index (χ3v) is 5.21. The second kappa shape index (κ2) is 10.3. The van der Waals surface area contributed by atoms with Crippen molar-refractivity contribution in [3.05, 3.63) is 46.2 Å². The number of nitrogens with zero attached hydrogens (tertiary/aromatic N) is 2. The van der Waals surface area contributed by atoms with Crippen LogP contribution in [0.3, 0.4) is 0 Å². The summed E-state index contributed by atoms with van der Waals surface area (Å²) in [4.78, 5) is 15.7. The van der Waals surface area contributed by atoms with Gasteiger partial charge in [-0.25, -0.2) is 9.37 Å². The summed E-state index contributed by atoms with van der Waals surface area (Å²) in [7, 11) is 0. The highest BCUT2D eigenvalue weighted by atomic mass is 32.1.